The first-order valence-electron chi connectivity index (χ1n) is 6.10. The van der Waals surface area contributed by atoms with Gasteiger partial charge in [-0.3, -0.25) is 10.1 Å². The van der Waals surface area contributed by atoms with Gasteiger partial charge in [0.15, 0.2) is 0 Å². The summed E-state index contributed by atoms with van der Waals surface area (Å²) < 4.78 is 0. The summed E-state index contributed by atoms with van der Waals surface area (Å²) in [6.07, 6.45) is 0.714. The monoisotopic (exact) mass is 261 g/mol. The van der Waals surface area contributed by atoms with Crippen LogP contribution >= 0.6 is 0 Å². The van der Waals surface area contributed by atoms with Gasteiger partial charge in [0.1, 0.15) is 11.3 Å². The maximum Gasteiger partial charge on any atom is 0.279 e. The predicted molar refractivity (Wildman–Crippen MR) is 72.3 cm³/mol. The molecule has 0 unspecified atom stereocenters. The number of rotatable bonds is 5. The molecule has 0 saturated heterocycles. The van der Waals surface area contributed by atoms with Crippen LogP contribution in [0.1, 0.15) is 12.6 Å². The second-order valence-corrected chi connectivity index (χ2v) is 4.16. The average Bonchev–Trinajstić information content (AvgIpc) is 2.39. The number of hydrogen-bond donors (Lipinski definition) is 2. The van der Waals surface area contributed by atoms with Crippen LogP contribution in [0.5, 0.6) is 5.75 Å². The zero-order chi connectivity index (χ0) is 13.8. The first-order chi connectivity index (χ1) is 9.13. The topological polar surface area (TPSA) is 88.3 Å². The van der Waals surface area contributed by atoms with Gasteiger partial charge in [0.2, 0.25) is 0 Å². The van der Waals surface area contributed by atoms with Gasteiger partial charge in [-0.25, -0.2) is 4.98 Å². The van der Waals surface area contributed by atoms with E-state index in [-0.39, 0.29) is 17.0 Å². The minimum Gasteiger partial charge on any atom is -0.506 e. The summed E-state index contributed by atoms with van der Waals surface area (Å²) in [5.74, 6) is -0.0362. The first kappa shape index (κ1) is 13.2. The molecule has 100 valence electrons. The minimum atomic E-state index is -0.470. The molecule has 1 aromatic carbocycles. The van der Waals surface area contributed by atoms with E-state index in [2.05, 4.69) is 10.3 Å². The van der Waals surface area contributed by atoms with Crippen molar-refractivity contribution in [3.63, 3.8) is 0 Å². The van der Waals surface area contributed by atoms with E-state index in [0.29, 0.717) is 11.8 Å². The van der Waals surface area contributed by atoms with Crippen molar-refractivity contribution >= 4 is 16.6 Å². The van der Waals surface area contributed by atoms with Gasteiger partial charge in [0.25, 0.3) is 5.69 Å². The van der Waals surface area contributed by atoms with Crippen LogP contribution in [0.25, 0.3) is 10.9 Å². The third kappa shape index (κ3) is 2.79. The number of nitro groups is 1. The molecule has 1 aromatic heterocycles. The maximum atomic E-state index is 10.9. The number of benzene rings is 1. The van der Waals surface area contributed by atoms with Crippen molar-refractivity contribution in [3.05, 3.63) is 40.1 Å². The van der Waals surface area contributed by atoms with Gasteiger partial charge in [0, 0.05) is 24.7 Å². The summed E-state index contributed by atoms with van der Waals surface area (Å²) in [6, 6.07) is 5.99. The number of fused-ring (bicyclic) bond motifs is 1. The zero-order valence-corrected chi connectivity index (χ0v) is 10.6. The number of non-ortho nitro benzene ring substituents is 1. The molecule has 2 N–H and O–H groups in total. The second kappa shape index (κ2) is 5.62. The molecule has 0 aliphatic carbocycles. The highest BCUT2D eigenvalue weighted by molar-refractivity contribution is 5.92. The lowest BCUT2D eigenvalue weighted by molar-refractivity contribution is -0.383. The standard InChI is InChI=1S/C13H15N3O3/c1-2-14-8-7-9-3-4-10-11(16(18)19)5-6-12(17)13(10)15-9/h3-6,14,17H,2,7-8H2,1H3. The van der Waals surface area contributed by atoms with Gasteiger partial charge in [-0.2, -0.15) is 0 Å². The van der Waals surface area contributed by atoms with Crippen LogP contribution in [0.15, 0.2) is 24.3 Å². The molecule has 0 saturated carbocycles. The maximum absolute atomic E-state index is 10.9. The Morgan fingerprint density at radius 3 is 2.84 bits per heavy atom. The van der Waals surface area contributed by atoms with Crippen molar-refractivity contribution in [2.45, 2.75) is 13.3 Å². The number of aromatic hydroxyl groups is 1. The summed E-state index contributed by atoms with van der Waals surface area (Å²) in [4.78, 5) is 14.7. The number of likely N-dealkylation sites (N-methyl/N-ethyl adjacent to an activating group) is 1. The molecule has 0 aliphatic rings. The Morgan fingerprint density at radius 1 is 1.37 bits per heavy atom. The molecule has 0 radical (unpaired) electrons. The summed E-state index contributed by atoms with van der Waals surface area (Å²) in [6.45, 7) is 3.68. The molecule has 0 amide bonds. The third-order valence-corrected chi connectivity index (χ3v) is 2.88. The van der Waals surface area contributed by atoms with E-state index in [1.165, 1.54) is 12.1 Å². The predicted octanol–water partition coefficient (Wildman–Crippen LogP) is 2.00. The van der Waals surface area contributed by atoms with Crippen molar-refractivity contribution in [2.75, 3.05) is 13.1 Å². The van der Waals surface area contributed by atoms with Crippen LogP contribution in [0.3, 0.4) is 0 Å². The van der Waals surface area contributed by atoms with Crippen molar-refractivity contribution in [2.24, 2.45) is 0 Å². The third-order valence-electron chi connectivity index (χ3n) is 2.88. The molecule has 19 heavy (non-hydrogen) atoms. The fourth-order valence-corrected chi connectivity index (χ4v) is 1.92. The van der Waals surface area contributed by atoms with Crippen LogP contribution in [-0.2, 0) is 6.42 Å². The molecule has 1 heterocycles. The number of phenols is 1. The Labute approximate surface area is 110 Å². The van der Waals surface area contributed by atoms with Gasteiger partial charge in [-0.15, -0.1) is 0 Å². The van der Waals surface area contributed by atoms with Gasteiger partial charge in [-0.1, -0.05) is 6.92 Å². The molecule has 2 aromatic rings. The number of phenolic OH excluding ortho intramolecular Hbond substituents is 1. The Balaban J connectivity index is 2.42. The van der Waals surface area contributed by atoms with Crippen LogP contribution in [0, 0.1) is 10.1 Å². The van der Waals surface area contributed by atoms with Crippen molar-refractivity contribution in [1.82, 2.24) is 10.3 Å². The van der Waals surface area contributed by atoms with E-state index in [4.69, 9.17) is 0 Å². The second-order valence-electron chi connectivity index (χ2n) is 4.16. The molecule has 6 heteroatoms. The van der Waals surface area contributed by atoms with E-state index in [0.717, 1.165) is 18.8 Å². The van der Waals surface area contributed by atoms with Crippen LogP contribution in [-0.4, -0.2) is 28.1 Å². The van der Waals surface area contributed by atoms with Crippen LogP contribution < -0.4 is 5.32 Å². The lowest BCUT2D eigenvalue weighted by Gasteiger charge is -2.05. The summed E-state index contributed by atoms with van der Waals surface area (Å²) in [7, 11) is 0. The van der Waals surface area contributed by atoms with Crippen molar-refractivity contribution < 1.29 is 10.0 Å². The number of nitrogens with one attached hydrogen (secondary N) is 1. The van der Waals surface area contributed by atoms with E-state index in [9.17, 15) is 15.2 Å². The Bertz CT molecular complexity index is 613. The summed E-state index contributed by atoms with van der Waals surface area (Å²) >= 11 is 0. The average molecular weight is 261 g/mol. The quantitative estimate of drug-likeness (QED) is 0.488. The molecule has 6 nitrogen and oxygen atoms in total. The van der Waals surface area contributed by atoms with E-state index >= 15 is 0 Å². The number of hydrogen-bond acceptors (Lipinski definition) is 5. The Kier molecular flexibility index (Phi) is 3.91. The highest BCUT2D eigenvalue weighted by Gasteiger charge is 2.15. The number of pyridine rings is 1. The summed E-state index contributed by atoms with van der Waals surface area (Å²) in [5.41, 5.74) is 1.03. The summed E-state index contributed by atoms with van der Waals surface area (Å²) in [5, 5.41) is 24.2. The minimum absolute atomic E-state index is 0.0362. The smallest absolute Gasteiger partial charge is 0.279 e. The van der Waals surface area contributed by atoms with Crippen molar-refractivity contribution in [3.8, 4) is 5.75 Å². The number of nitrogens with zero attached hydrogens (tertiary/aromatic N) is 2. The van der Waals surface area contributed by atoms with Crippen LogP contribution in [0.4, 0.5) is 5.69 Å². The van der Waals surface area contributed by atoms with Crippen molar-refractivity contribution in [1.29, 1.82) is 0 Å². The fraction of sp³-hybridized carbons (Fsp3) is 0.308. The molecule has 2 rings (SSSR count). The molecule has 0 aliphatic heterocycles. The molecule has 0 atom stereocenters. The van der Waals surface area contributed by atoms with E-state index in [1.807, 2.05) is 6.92 Å². The molecular formula is C13H15N3O3. The zero-order valence-electron chi connectivity index (χ0n) is 10.6. The van der Waals surface area contributed by atoms with Gasteiger partial charge < -0.3 is 10.4 Å². The highest BCUT2D eigenvalue weighted by Crippen LogP contribution is 2.30. The lowest BCUT2D eigenvalue weighted by Crippen LogP contribution is -2.16. The molecule has 0 fully saturated rings. The normalized spacial score (nSPS) is 10.8. The van der Waals surface area contributed by atoms with E-state index in [1.54, 1.807) is 12.1 Å². The Hall–Kier alpha value is -2.21. The SMILES string of the molecule is CCNCCc1ccc2c([N+](=O)[O-])ccc(O)c2n1. The fourth-order valence-electron chi connectivity index (χ4n) is 1.92. The Morgan fingerprint density at radius 2 is 2.16 bits per heavy atom. The molecule has 0 spiro atoms. The lowest BCUT2D eigenvalue weighted by atomic mass is 10.1. The number of aromatic nitrogens is 1. The first-order valence-corrected chi connectivity index (χ1v) is 6.10. The van der Waals surface area contributed by atoms with Gasteiger partial charge >= 0.3 is 0 Å². The van der Waals surface area contributed by atoms with Crippen LogP contribution in [0.2, 0.25) is 0 Å². The van der Waals surface area contributed by atoms with Gasteiger partial charge in [0.05, 0.1) is 10.3 Å². The largest absolute Gasteiger partial charge is 0.506 e. The number of nitro benzene ring substituents is 1. The molecular weight excluding hydrogens is 246 g/mol. The molecule has 0 bridgehead atoms. The van der Waals surface area contributed by atoms with Gasteiger partial charge in [-0.05, 0) is 24.7 Å². The highest BCUT2D eigenvalue weighted by atomic mass is 16.6. The van der Waals surface area contributed by atoms with E-state index < -0.39 is 4.92 Å².